The highest BCUT2D eigenvalue weighted by Crippen LogP contribution is 2.23. The van der Waals surface area contributed by atoms with Gasteiger partial charge in [-0.15, -0.1) is 0 Å². The van der Waals surface area contributed by atoms with Crippen molar-refractivity contribution in [1.82, 2.24) is 15.5 Å². The van der Waals surface area contributed by atoms with Crippen molar-refractivity contribution < 1.29 is 23.5 Å². The van der Waals surface area contributed by atoms with Gasteiger partial charge in [0.05, 0.1) is 5.69 Å². The van der Waals surface area contributed by atoms with Gasteiger partial charge < -0.3 is 15.7 Å². The molecule has 7 nitrogen and oxygen atoms in total. The number of aliphatic hydroxyl groups excluding tert-OH is 1. The first kappa shape index (κ1) is 24.3. The zero-order valence-corrected chi connectivity index (χ0v) is 18.7. The minimum atomic E-state index is -1.48. The molecule has 3 atom stereocenters. The third-order valence-corrected chi connectivity index (χ3v) is 5.26. The summed E-state index contributed by atoms with van der Waals surface area (Å²) in [5, 5.41) is 22.4. The lowest BCUT2D eigenvalue weighted by atomic mass is 9.96. The number of hydrogen-bond acceptors (Lipinski definition) is 4. The molecule has 174 valence electrons. The fraction of sp³-hybridized carbons (Fsp3) is 0.261. The normalized spacial score (nSPS) is 13.8. The first-order valence-electron chi connectivity index (χ1n) is 10.2. The van der Waals surface area contributed by atoms with E-state index in [2.05, 4.69) is 20.8 Å². The van der Waals surface area contributed by atoms with Gasteiger partial charge in [-0.2, -0.15) is 5.10 Å². The maximum atomic E-state index is 13.4. The highest BCUT2D eigenvalue weighted by molar-refractivity contribution is 6.30. The predicted octanol–water partition coefficient (Wildman–Crippen LogP) is 3.86. The Kier molecular flexibility index (Phi) is 7.78. The molecule has 0 spiro atoms. The van der Waals surface area contributed by atoms with E-state index in [1.165, 1.54) is 25.1 Å². The van der Waals surface area contributed by atoms with E-state index in [-0.39, 0.29) is 5.92 Å². The van der Waals surface area contributed by atoms with Gasteiger partial charge >= 0.3 is 0 Å². The van der Waals surface area contributed by atoms with Gasteiger partial charge in [0.2, 0.25) is 5.91 Å². The van der Waals surface area contributed by atoms with Gasteiger partial charge in [0.25, 0.3) is 5.91 Å². The van der Waals surface area contributed by atoms with E-state index in [1.54, 1.807) is 24.3 Å². The molecule has 0 saturated heterocycles. The van der Waals surface area contributed by atoms with Crippen LogP contribution >= 0.6 is 11.6 Å². The van der Waals surface area contributed by atoms with Gasteiger partial charge in [0.1, 0.15) is 23.5 Å². The highest BCUT2D eigenvalue weighted by atomic mass is 35.5. The molecule has 0 aliphatic carbocycles. The number of aliphatic hydroxyl groups is 1. The summed E-state index contributed by atoms with van der Waals surface area (Å²) in [5.74, 6) is -2.50. The molecule has 1 heterocycles. The second-order valence-corrected chi connectivity index (χ2v) is 8.19. The molecular weight excluding hydrogens is 454 g/mol. The van der Waals surface area contributed by atoms with E-state index in [1.807, 2.05) is 6.92 Å². The molecule has 0 fully saturated rings. The number of aromatic nitrogens is 2. The number of H-pyrrole nitrogens is 1. The summed E-state index contributed by atoms with van der Waals surface area (Å²) in [6, 6.07) is 10.2. The molecule has 1 aromatic heterocycles. The van der Waals surface area contributed by atoms with Gasteiger partial charge in [0.15, 0.2) is 6.10 Å². The van der Waals surface area contributed by atoms with Crippen molar-refractivity contribution in [1.29, 1.82) is 0 Å². The lowest BCUT2D eigenvalue weighted by Crippen LogP contribution is -2.43. The van der Waals surface area contributed by atoms with Gasteiger partial charge in [-0.3, -0.25) is 14.7 Å². The summed E-state index contributed by atoms with van der Waals surface area (Å²) >= 11 is 5.87. The number of benzene rings is 2. The van der Waals surface area contributed by atoms with Crippen LogP contribution in [0.4, 0.5) is 14.6 Å². The standard InChI is InChI=1S/C23H23ClF2N4O3/c1-12(15-8-17(25)10-18(26)9-15)6-19-11-20(30-29-19)28-22(32)13(2)27-23(33)21(31)14-4-3-5-16(24)7-14/h3-5,7-13,21,31H,6H2,1-2H3,(H,27,33)(H2,28,29,30,32). The molecule has 0 radical (unpaired) electrons. The summed E-state index contributed by atoms with van der Waals surface area (Å²) in [4.78, 5) is 24.7. The summed E-state index contributed by atoms with van der Waals surface area (Å²) in [7, 11) is 0. The molecule has 4 N–H and O–H groups in total. The molecule has 10 heteroatoms. The molecule has 33 heavy (non-hydrogen) atoms. The molecule has 2 amide bonds. The van der Waals surface area contributed by atoms with Crippen molar-refractivity contribution in [2.75, 3.05) is 5.32 Å². The van der Waals surface area contributed by atoms with Crippen molar-refractivity contribution >= 4 is 29.2 Å². The zero-order valence-electron chi connectivity index (χ0n) is 17.9. The second kappa shape index (κ2) is 10.5. The molecule has 0 bridgehead atoms. The molecule has 3 unspecified atom stereocenters. The van der Waals surface area contributed by atoms with Crippen molar-refractivity contribution in [3.05, 3.63) is 82.0 Å². The molecule has 2 aromatic carbocycles. The van der Waals surface area contributed by atoms with Crippen molar-refractivity contribution in [2.24, 2.45) is 0 Å². The van der Waals surface area contributed by atoms with E-state index in [9.17, 15) is 23.5 Å². The first-order chi connectivity index (χ1) is 15.6. The Bertz CT molecular complexity index is 1130. The third kappa shape index (κ3) is 6.59. The Balaban J connectivity index is 1.55. The highest BCUT2D eigenvalue weighted by Gasteiger charge is 2.23. The number of hydrogen-bond donors (Lipinski definition) is 4. The number of carbonyl (C=O) groups is 2. The number of halogens is 3. The fourth-order valence-electron chi connectivity index (χ4n) is 3.25. The summed E-state index contributed by atoms with van der Waals surface area (Å²) in [5.41, 5.74) is 1.38. The molecule has 0 aliphatic rings. The Morgan fingerprint density at radius 1 is 1.06 bits per heavy atom. The Hall–Kier alpha value is -3.30. The topological polar surface area (TPSA) is 107 Å². The van der Waals surface area contributed by atoms with E-state index in [4.69, 9.17) is 11.6 Å². The number of nitrogens with one attached hydrogen (secondary N) is 3. The largest absolute Gasteiger partial charge is 0.378 e. The van der Waals surface area contributed by atoms with Gasteiger partial charge in [-0.05, 0) is 54.7 Å². The van der Waals surface area contributed by atoms with Crippen molar-refractivity contribution in [2.45, 2.75) is 38.3 Å². The number of amides is 2. The van der Waals surface area contributed by atoms with Crippen LogP contribution in [-0.4, -0.2) is 33.2 Å². The third-order valence-electron chi connectivity index (χ3n) is 5.02. The molecule has 0 saturated carbocycles. The SMILES string of the molecule is CC(NC(=O)C(O)c1cccc(Cl)c1)C(=O)Nc1cc(CC(C)c2cc(F)cc(F)c2)n[nH]1. The second-order valence-electron chi connectivity index (χ2n) is 7.76. The molecular formula is C23H23ClF2N4O3. The maximum absolute atomic E-state index is 13.4. The van der Waals surface area contributed by atoms with Crippen LogP contribution in [0.2, 0.25) is 5.02 Å². The molecule has 0 aliphatic heterocycles. The van der Waals surface area contributed by atoms with Crippen LogP contribution in [-0.2, 0) is 16.0 Å². The van der Waals surface area contributed by atoms with E-state index >= 15 is 0 Å². The van der Waals surface area contributed by atoms with Crippen molar-refractivity contribution in [3.63, 3.8) is 0 Å². The van der Waals surface area contributed by atoms with Crippen LogP contribution in [0.15, 0.2) is 48.5 Å². The van der Waals surface area contributed by atoms with Gasteiger partial charge in [-0.1, -0.05) is 30.7 Å². The predicted molar refractivity (Wildman–Crippen MR) is 120 cm³/mol. The summed E-state index contributed by atoms with van der Waals surface area (Å²) in [6.07, 6.45) is -1.10. The van der Waals surface area contributed by atoms with Gasteiger partial charge in [0, 0.05) is 17.2 Å². The average Bonchev–Trinajstić information content (AvgIpc) is 3.18. The minimum absolute atomic E-state index is 0.215. The smallest absolute Gasteiger partial charge is 0.254 e. The monoisotopic (exact) mass is 476 g/mol. The van der Waals surface area contributed by atoms with Crippen LogP contribution < -0.4 is 10.6 Å². The molecule has 3 aromatic rings. The Morgan fingerprint density at radius 3 is 2.42 bits per heavy atom. The number of carbonyl (C=O) groups excluding carboxylic acids is 2. The summed E-state index contributed by atoms with van der Waals surface area (Å²) in [6.45, 7) is 3.28. The quantitative estimate of drug-likeness (QED) is 0.396. The van der Waals surface area contributed by atoms with E-state index in [0.29, 0.717) is 34.1 Å². The van der Waals surface area contributed by atoms with Crippen LogP contribution in [0.5, 0.6) is 0 Å². The number of aromatic amines is 1. The fourth-order valence-corrected chi connectivity index (χ4v) is 3.45. The maximum Gasteiger partial charge on any atom is 0.254 e. The summed E-state index contributed by atoms with van der Waals surface area (Å²) < 4.78 is 26.9. The number of rotatable bonds is 8. The van der Waals surface area contributed by atoms with Crippen LogP contribution in [0, 0.1) is 11.6 Å². The first-order valence-corrected chi connectivity index (χ1v) is 10.5. The van der Waals surface area contributed by atoms with E-state index < -0.39 is 35.6 Å². The van der Waals surface area contributed by atoms with E-state index in [0.717, 1.165) is 6.07 Å². The number of anilines is 1. The molecule has 3 rings (SSSR count). The average molecular weight is 477 g/mol. The van der Waals surface area contributed by atoms with Crippen LogP contribution in [0.25, 0.3) is 0 Å². The Labute approximate surface area is 194 Å². The lowest BCUT2D eigenvalue weighted by Gasteiger charge is -2.16. The van der Waals surface area contributed by atoms with Crippen LogP contribution in [0.3, 0.4) is 0 Å². The van der Waals surface area contributed by atoms with Crippen molar-refractivity contribution in [3.8, 4) is 0 Å². The van der Waals surface area contributed by atoms with Crippen LogP contribution in [0.1, 0.15) is 42.7 Å². The zero-order chi connectivity index (χ0) is 24.1. The number of nitrogens with zero attached hydrogens (tertiary/aromatic N) is 1. The lowest BCUT2D eigenvalue weighted by molar-refractivity contribution is -0.132. The van der Waals surface area contributed by atoms with Gasteiger partial charge in [-0.25, -0.2) is 8.78 Å². The minimum Gasteiger partial charge on any atom is -0.378 e. The Morgan fingerprint density at radius 2 is 1.76 bits per heavy atom.